The van der Waals surface area contributed by atoms with E-state index in [1.54, 1.807) is 0 Å². The molecule has 0 amide bonds. The van der Waals surface area contributed by atoms with Crippen LogP contribution in [0.15, 0.2) is 22.7 Å². The first-order valence-electron chi connectivity index (χ1n) is 4.66. The number of nitrogens with two attached hydrogens (primary N) is 1. The molecule has 18 heavy (non-hydrogen) atoms. The first kappa shape index (κ1) is 13.3. The van der Waals surface area contributed by atoms with E-state index in [9.17, 15) is 13.2 Å². The van der Waals surface area contributed by atoms with Gasteiger partial charge in [0.1, 0.15) is 11.8 Å². The second-order valence-electron chi connectivity index (χ2n) is 3.31. The van der Waals surface area contributed by atoms with Gasteiger partial charge in [-0.2, -0.15) is 13.2 Å². The lowest BCUT2D eigenvalue weighted by molar-refractivity contribution is -0.137. The molecule has 0 spiro atoms. The zero-order valence-corrected chi connectivity index (χ0v) is 10.2. The van der Waals surface area contributed by atoms with Crippen LogP contribution in [0, 0.1) is 0 Å². The van der Waals surface area contributed by atoms with Crippen molar-refractivity contribution in [3.8, 4) is 0 Å². The van der Waals surface area contributed by atoms with Crippen LogP contribution < -0.4 is 11.3 Å². The number of aromatic nitrogens is 1. The molecule has 2 heterocycles. The highest BCUT2D eigenvalue weighted by molar-refractivity contribution is 7.11. The SMILES string of the molecule is NNC(c1ccc(Cl)o1)c1cnc(C(F)(F)F)s1. The lowest BCUT2D eigenvalue weighted by Gasteiger charge is -2.10. The Bertz CT molecular complexity index is 539. The molecule has 98 valence electrons. The van der Waals surface area contributed by atoms with Gasteiger partial charge in [0.05, 0.1) is 4.88 Å². The van der Waals surface area contributed by atoms with Crippen molar-refractivity contribution in [1.29, 1.82) is 0 Å². The summed E-state index contributed by atoms with van der Waals surface area (Å²) < 4.78 is 42.4. The van der Waals surface area contributed by atoms with Crippen LogP contribution >= 0.6 is 22.9 Å². The molecule has 0 aliphatic heterocycles. The maximum absolute atomic E-state index is 12.4. The lowest BCUT2D eigenvalue weighted by Crippen LogP contribution is -2.27. The van der Waals surface area contributed by atoms with E-state index in [4.69, 9.17) is 21.9 Å². The summed E-state index contributed by atoms with van der Waals surface area (Å²) in [6.07, 6.45) is -3.36. The molecule has 2 aromatic heterocycles. The van der Waals surface area contributed by atoms with Gasteiger partial charge in [-0.1, -0.05) is 0 Å². The Morgan fingerprint density at radius 2 is 2.17 bits per heavy atom. The van der Waals surface area contributed by atoms with Gasteiger partial charge < -0.3 is 4.42 Å². The third kappa shape index (κ3) is 2.66. The van der Waals surface area contributed by atoms with Crippen molar-refractivity contribution in [1.82, 2.24) is 10.4 Å². The zero-order valence-electron chi connectivity index (χ0n) is 8.66. The van der Waals surface area contributed by atoms with E-state index < -0.39 is 17.2 Å². The van der Waals surface area contributed by atoms with E-state index in [1.165, 1.54) is 12.1 Å². The minimum Gasteiger partial charge on any atom is -0.448 e. The number of hydrogen-bond acceptors (Lipinski definition) is 5. The fraction of sp³-hybridized carbons (Fsp3) is 0.222. The van der Waals surface area contributed by atoms with Crippen molar-refractivity contribution in [3.05, 3.63) is 39.2 Å². The number of halogens is 4. The third-order valence-corrected chi connectivity index (χ3v) is 3.41. The third-order valence-electron chi connectivity index (χ3n) is 2.10. The van der Waals surface area contributed by atoms with E-state index in [0.717, 1.165) is 6.20 Å². The number of thiazole rings is 1. The van der Waals surface area contributed by atoms with Crippen LogP contribution in [0.1, 0.15) is 21.7 Å². The van der Waals surface area contributed by atoms with E-state index >= 15 is 0 Å². The molecule has 0 aromatic carbocycles. The van der Waals surface area contributed by atoms with Gasteiger partial charge in [-0.15, -0.1) is 11.3 Å². The maximum Gasteiger partial charge on any atom is 0.443 e. The fourth-order valence-corrected chi connectivity index (χ4v) is 2.34. The highest BCUT2D eigenvalue weighted by atomic mass is 35.5. The Hall–Kier alpha value is -1.09. The summed E-state index contributed by atoms with van der Waals surface area (Å²) in [7, 11) is 0. The molecule has 3 N–H and O–H groups in total. The van der Waals surface area contributed by atoms with E-state index in [0.29, 0.717) is 17.1 Å². The highest BCUT2D eigenvalue weighted by Gasteiger charge is 2.35. The van der Waals surface area contributed by atoms with Crippen molar-refractivity contribution >= 4 is 22.9 Å². The molecule has 1 unspecified atom stereocenters. The molecular weight excluding hydrogens is 291 g/mol. The van der Waals surface area contributed by atoms with Gasteiger partial charge in [-0.3, -0.25) is 5.84 Å². The average molecular weight is 298 g/mol. The first-order valence-corrected chi connectivity index (χ1v) is 5.85. The van der Waals surface area contributed by atoms with Gasteiger partial charge in [-0.25, -0.2) is 10.4 Å². The summed E-state index contributed by atoms with van der Waals surface area (Å²) >= 11 is 6.09. The molecule has 0 aliphatic carbocycles. The molecule has 0 saturated carbocycles. The topological polar surface area (TPSA) is 64.1 Å². The Morgan fingerprint density at radius 1 is 1.44 bits per heavy atom. The Kier molecular flexibility index (Phi) is 3.62. The highest BCUT2D eigenvalue weighted by Crippen LogP contribution is 2.36. The molecule has 0 saturated heterocycles. The molecule has 0 fully saturated rings. The zero-order chi connectivity index (χ0) is 13.3. The summed E-state index contributed by atoms with van der Waals surface area (Å²) in [6.45, 7) is 0. The van der Waals surface area contributed by atoms with Gasteiger partial charge in [0.15, 0.2) is 10.2 Å². The smallest absolute Gasteiger partial charge is 0.443 e. The first-order chi connectivity index (χ1) is 8.41. The van der Waals surface area contributed by atoms with Crippen molar-refractivity contribution < 1.29 is 17.6 Å². The molecule has 0 radical (unpaired) electrons. The molecule has 1 atom stereocenters. The molecule has 9 heteroatoms. The van der Waals surface area contributed by atoms with Crippen LogP contribution in [0.25, 0.3) is 0 Å². The van der Waals surface area contributed by atoms with Gasteiger partial charge in [-0.05, 0) is 23.7 Å². The standard InChI is InChI=1S/C9H7ClF3N3OS/c10-6-2-1-4(17-6)7(16-14)5-3-15-8(18-5)9(11,12)13/h1-3,7,16H,14H2. The fourth-order valence-electron chi connectivity index (χ4n) is 1.34. The molecule has 0 bridgehead atoms. The van der Waals surface area contributed by atoms with Crippen molar-refractivity contribution in [3.63, 3.8) is 0 Å². The maximum atomic E-state index is 12.4. The number of rotatable bonds is 3. The van der Waals surface area contributed by atoms with Crippen LogP contribution in [0.3, 0.4) is 0 Å². The molecule has 2 rings (SSSR count). The lowest BCUT2D eigenvalue weighted by atomic mass is 10.2. The van der Waals surface area contributed by atoms with E-state index in [2.05, 4.69) is 10.4 Å². The second kappa shape index (κ2) is 4.88. The number of hydrazine groups is 1. The monoisotopic (exact) mass is 297 g/mol. The predicted molar refractivity (Wildman–Crippen MR) is 60.0 cm³/mol. The van der Waals surface area contributed by atoms with Gasteiger partial charge >= 0.3 is 6.18 Å². The van der Waals surface area contributed by atoms with E-state index in [1.807, 2.05) is 0 Å². The number of nitrogens with zero attached hydrogens (tertiary/aromatic N) is 1. The summed E-state index contributed by atoms with van der Waals surface area (Å²) in [5.74, 6) is 5.63. The van der Waals surface area contributed by atoms with Crippen molar-refractivity contribution in [2.75, 3.05) is 0 Å². The summed E-state index contributed by atoms with van der Waals surface area (Å²) in [6, 6.07) is 2.29. The minimum absolute atomic E-state index is 0.130. The predicted octanol–water partition coefficient (Wildman–Crippen LogP) is 2.96. The van der Waals surface area contributed by atoms with Crippen LogP contribution in [-0.2, 0) is 6.18 Å². The van der Waals surface area contributed by atoms with E-state index in [-0.39, 0.29) is 10.1 Å². The molecule has 0 aliphatic rings. The molecule has 4 nitrogen and oxygen atoms in total. The quantitative estimate of drug-likeness (QED) is 0.675. The van der Waals surface area contributed by atoms with Crippen LogP contribution in [-0.4, -0.2) is 4.98 Å². The van der Waals surface area contributed by atoms with Crippen LogP contribution in [0.2, 0.25) is 5.22 Å². The Morgan fingerprint density at radius 3 is 2.61 bits per heavy atom. The van der Waals surface area contributed by atoms with Gasteiger partial charge in [0, 0.05) is 6.20 Å². The minimum atomic E-state index is -4.47. The number of hydrogen-bond donors (Lipinski definition) is 2. The van der Waals surface area contributed by atoms with Crippen LogP contribution in [0.4, 0.5) is 13.2 Å². The second-order valence-corrected chi connectivity index (χ2v) is 4.74. The van der Waals surface area contributed by atoms with Gasteiger partial charge in [0.2, 0.25) is 0 Å². The molecular formula is C9H7ClF3N3OS. The summed E-state index contributed by atoms with van der Waals surface area (Å²) in [5, 5.41) is -0.804. The van der Waals surface area contributed by atoms with Crippen LogP contribution in [0.5, 0.6) is 0 Å². The average Bonchev–Trinajstić information content (AvgIpc) is 2.88. The largest absolute Gasteiger partial charge is 0.448 e. The Balaban J connectivity index is 2.31. The number of furan rings is 1. The van der Waals surface area contributed by atoms with Crippen molar-refractivity contribution in [2.24, 2.45) is 5.84 Å². The van der Waals surface area contributed by atoms with Crippen molar-refractivity contribution in [2.45, 2.75) is 12.2 Å². The Labute approximate surface area is 109 Å². The molecule has 2 aromatic rings. The normalized spacial score (nSPS) is 13.8. The van der Waals surface area contributed by atoms with Gasteiger partial charge in [0.25, 0.3) is 0 Å². The summed E-state index contributed by atoms with van der Waals surface area (Å²) in [5.41, 5.74) is 2.36. The number of alkyl halides is 3. The number of nitrogens with one attached hydrogen (secondary N) is 1. The summed E-state index contributed by atoms with van der Waals surface area (Å²) in [4.78, 5) is 3.60.